The van der Waals surface area contributed by atoms with E-state index in [0.717, 1.165) is 11.3 Å². The van der Waals surface area contributed by atoms with Crippen molar-refractivity contribution in [2.24, 2.45) is 0 Å². The Hall–Kier alpha value is -3.11. The Morgan fingerprint density at radius 1 is 0.929 bits per heavy atom. The fourth-order valence-corrected chi connectivity index (χ4v) is 4.52. The Balaban J connectivity index is 1.40. The van der Waals surface area contributed by atoms with E-state index in [-0.39, 0.29) is 25.2 Å². The number of hydrogen-bond donors (Lipinski definition) is 1. The van der Waals surface area contributed by atoms with Gasteiger partial charge in [0, 0.05) is 5.92 Å². The lowest BCUT2D eigenvalue weighted by atomic mass is 9.98. The standard InChI is InChI=1S/C24H21NO3/c26-14-17-13-16-7-1-6-12-23(16)25(17)24(27)28-15-22-20-10-4-2-8-18(20)19-9-3-5-11-21(19)22/h1-12,17,22,26H,13-15H2/t17-/m0/s1. The number of hydrogen-bond acceptors (Lipinski definition) is 3. The molecule has 1 N–H and O–H groups in total. The normalized spacial score (nSPS) is 17.2. The third kappa shape index (κ3) is 2.60. The maximum absolute atomic E-state index is 13.0. The van der Waals surface area contributed by atoms with Crippen LogP contribution in [0.25, 0.3) is 11.1 Å². The highest BCUT2D eigenvalue weighted by molar-refractivity contribution is 5.91. The number of benzene rings is 3. The zero-order valence-electron chi connectivity index (χ0n) is 15.4. The van der Waals surface area contributed by atoms with Crippen molar-refractivity contribution in [3.05, 3.63) is 89.5 Å². The van der Waals surface area contributed by atoms with Gasteiger partial charge < -0.3 is 9.84 Å². The second-order valence-corrected chi connectivity index (χ2v) is 7.34. The van der Waals surface area contributed by atoms with Gasteiger partial charge in [-0.3, -0.25) is 4.90 Å². The van der Waals surface area contributed by atoms with Crippen LogP contribution < -0.4 is 4.90 Å². The van der Waals surface area contributed by atoms with Gasteiger partial charge in [-0.1, -0.05) is 66.7 Å². The molecule has 1 atom stereocenters. The van der Waals surface area contributed by atoms with E-state index in [2.05, 4.69) is 24.3 Å². The number of ether oxygens (including phenoxy) is 1. The van der Waals surface area contributed by atoms with Crippen LogP contribution in [0.1, 0.15) is 22.6 Å². The number of aliphatic hydroxyl groups excluding tert-OH is 1. The average Bonchev–Trinajstić information content (AvgIpc) is 3.28. The quantitative estimate of drug-likeness (QED) is 0.744. The summed E-state index contributed by atoms with van der Waals surface area (Å²) in [4.78, 5) is 14.5. The van der Waals surface area contributed by atoms with Crippen molar-refractivity contribution in [3.63, 3.8) is 0 Å². The highest BCUT2D eigenvalue weighted by Crippen LogP contribution is 2.44. The van der Waals surface area contributed by atoms with Crippen molar-refractivity contribution in [3.8, 4) is 11.1 Å². The summed E-state index contributed by atoms with van der Waals surface area (Å²) in [6.45, 7) is 0.197. The molecule has 4 nitrogen and oxygen atoms in total. The van der Waals surface area contributed by atoms with Crippen LogP contribution in [0.4, 0.5) is 10.5 Å². The van der Waals surface area contributed by atoms with E-state index in [9.17, 15) is 9.90 Å². The Labute approximate surface area is 164 Å². The lowest BCUT2D eigenvalue weighted by Gasteiger charge is -2.24. The summed E-state index contributed by atoms with van der Waals surface area (Å²) in [5, 5.41) is 9.75. The Bertz CT molecular complexity index is 1000. The predicted octanol–water partition coefficient (Wildman–Crippen LogP) is 4.36. The first-order chi connectivity index (χ1) is 13.8. The van der Waals surface area contributed by atoms with Crippen molar-refractivity contribution in [2.45, 2.75) is 18.4 Å². The number of fused-ring (bicyclic) bond motifs is 4. The number of amides is 1. The highest BCUT2D eigenvalue weighted by atomic mass is 16.6. The Kier molecular flexibility index (Phi) is 4.14. The SMILES string of the molecule is O=C(OCC1c2ccccc2-c2ccccc21)N1c2ccccc2C[C@H]1CO. The second-order valence-electron chi connectivity index (χ2n) is 7.34. The van der Waals surface area contributed by atoms with Gasteiger partial charge in [0.1, 0.15) is 6.61 Å². The molecule has 0 saturated heterocycles. The van der Waals surface area contributed by atoms with Gasteiger partial charge >= 0.3 is 6.09 Å². The minimum Gasteiger partial charge on any atom is -0.448 e. The fourth-order valence-electron chi connectivity index (χ4n) is 4.52. The molecular weight excluding hydrogens is 350 g/mol. The fraction of sp³-hybridized carbons (Fsp3) is 0.208. The zero-order chi connectivity index (χ0) is 19.1. The van der Waals surface area contributed by atoms with Gasteiger partial charge in [0.25, 0.3) is 0 Å². The molecule has 3 aromatic carbocycles. The first-order valence-corrected chi connectivity index (χ1v) is 9.61. The van der Waals surface area contributed by atoms with E-state index < -0.39 is 6.09 Å². The topological polar surface area (TPSA) is 49.8 Å². The van der Waals surface area contributed by atoms with Crippen LogP contribution in [0, 0.1) is 0 Å². The van der Waals surface area contributed by atoms with Gasteiger partial charge in [-0.05, 0) is 40.3 Å². The van der Waals surface area contributed by atoms with Crippen LogP contribution >= 0.6 is 0 Å². The summed E-state index contributed by atoms with van der Waals surface area (Å²) in [5.74, 6) is 0.0294. The summed E-state index contributed by atoms with van der Waals surface area (Å²) in [6, 6.07) is 24.1. The average molecular weight is 371 g/mol. The number of carbonyl (C=O) groups excluding carboxylic acids is 1. The molecule has 0 spiro atoms. The van der Waals surface area contributed by atoms with E-state index in [1.54, 1.807) is 4.90 Å². The minimum absolute atomic E-state index is 0.0294. The lowest BCUT2D eigenvalue weighted by Crippen LogP contribution is -2.40. The van der Waals surface area contributed by atoms with E-state index in [4.69, 9.17) is 4.74 Å². The van der Waals surface area contributed by atoms with Gasteiger partial charge in [0.05, 0.1) is 18.3 Å². The lowest BCUT2D eigenvalue weighted by molar-refractivity contribution is 0.144. The number of anilines is 1. The number of rotatable bonds is 3. The first-order valence-electron chi connectivity index (χ1n) is 9.61. The highest BCUT2D eigenvalue weighted by Gasteiger charge is 2.35. The van der Waals surface area contributed by atoms with Crippen molar-refractivity contribution in [2.75, 3.05) is 18.1 Å². The summed E-state index contributed by atoms with van der Waals surface area (Å²) in [6.07, 6.45) is 0.252. The Morgan fingerprint density at radius 3 is 2.21 bits per heavy atom. The largest absolute Gasteiger partial charge is 0.448 e. The molecule has 0 bridgehead atoms. The number of carbonyl (C=O) groups is 1. The van der Waals surface area contributed by atoms with E-state index >= 15 is 0 Å². The third-order valence-electron chi connectivity index (χ3n) is 5.82. The predicted molar refractivity (Wildman–Crippen MR) is 109 cm³/mol. The zero-order valence-corrected chi connectivity index (χ0v) is 15.4. The summed E-state index contributed by atoms with van der Waals surface area (Å²) >= 11 is 0. The summed E-state index contributed by atoms with van der Waals surface area (Å²) in [7, 11) is 0. The van der Waals surface area contributed by atoms with Gasteiger partial charge in [0.15, 0.2) is 0 Å². The monoisotopic (exact) mass is 371 g/mol. The van der Waals surface area contributed by atoms with E-state index in [0.29, 0.717) is 6.42 Å². The Morgan fingerprint density at radius 2 is 1.54 bits per heavy atom. The second kappa shape index (κ2) is 6.80. The maximum Gasteiger partial charge on any atom is 0.414 e. The molecular formula is C24H21NO3. The minimum atomic E-state index is -0.397. The summed E-state index contributed by atoms with van der Waals surface area (Å²) in [5.41, 5.74) is 6.70. The van der Waals surface area contributed by atoms with Gasteiger partial charge in [-0.15, -0.1) is 0 Å². The first kappa shape index (κ1) is 17.0. The van der Waals surface area contributed by atoms with Crippen molar-refractivity contribution >= 4 is 11.8 Å². The molecule has 5 rings (SSSR count). The molecule has 0 radical (unpaired) electrons. The molecule has 0 unspecified atom stereocenters. The molecule has 0 aromatic heterocycles. The van der Waals surface area contributed by atoms with Crippen molar-refractivity contribution in [1.82, 2.24) is 0 Å². The van der Waals surface area contributed by atoms with Gasteiger partial charge in [-0.2, -0.15) is 0 Å². The van der Waals surface area contributed by atoms with Crippen LogP contribution in [0.3, 0.4) is 0 Å². The molecule has 1 aliphatic carbocycles. The molecule has 28 heavy (non-hydrogen) atoms. The molecule has 2 aliphatic rings. The van der Waals surface area contributed by atoms with Crippen molar-refractivity contribution < 1.29 is 14.6 Å². The van der Waals surface area contributed by atoms with E-state index in [1.807, 2.05) is 48.5 Å². The molecule has 3 aromatic rings. The number of nitrogens with zero attached hydrogens (tertiary/aromatic N) is 1. The van der Waals surface area contributed by atoms with Crippen LogP contribution in [0.2, 0.25) is 0 Å². The van der Waals surface area contributed by atoms with Gasteiger partial charge in [-0.25, -0.2) is 4.79 Å². The van der Waals surface area contributed by atoms with Crippen LogP contribution in [-0.2, 0) is 11.2 Å². The molecule has 4 heteroatoms. The van der Waals surface area contributed by atoms with Crippen LogP contribution in [-0.4, -0.2) is 30.5 Å². The summed E-state index contributed by atoms with van der Waals surface area (Å²) < 4.78 is 5.79. The van der Waals surface area contributed by atoms with Gasteiger partial charge in [0.2, 0.25) is 0 Å². The molecule has 0 fully saturated rings. The number of para-hydroxylation sites is 1. The number of aliphatic hydroxyl groups is 1. The van der Waals surface area contributed by atoms with E-state index in [1.165, 1.54) is 22.3 Å². The maximum atomic E-state index is 13.0. The molecule has 0 saturated carbocycles. The molecule has 1 aliphatic heterocycles. The molecule has 1 heterocycles. The third-order valence-corrected chi connectivity index (χ3v) is 5.82. The molecule has 1 amide bonds. The van der Waals surface area contributed by atoms with Crippen LogP contribution in [0.15, 0.2) is 72.8 Å². The smallest absolute Gasteiger partial charge is 0.414 e. The molecule has 140 valence electrons. The van der Waals surface area contributed by atoms with Crippen LogP contribution in [0.5, 0.6) is 0 Å². The van der Waals surface area contributed by atoms with Crippen molar-refractivity contribution in [1.29, 1.82) is 0 Å².